The third-order valence-corrected chi connectivity index (χ3v) is 3.07. The average molecular weight is 356 g/mol. The molecule has 2 nitrogen and oxygen atoms in total. The van der Waals surface area contributed by atoms with Gasteiger partial charge in [0, 0.05) is 5.02 Å². The highest BCUT2D eigenvalue weighted by atomic mass is 35.5. The SMILES string of the molecule is Nc1c(Oc2ccc(Cl)cc2)cc(C(F)(F)F)cc1C(F)(F)F. The standard InChI is InChI=1S/C14H8ClF6NO/c15-8-1-3-9(4-2-8)23-11-6-7(13(16,17)18)5-10(12(11)22)14(19,20)21/h1-6H,22H2. The minimum Gasteiger partial charge on any atom is -0.455 e. The highest BCUT2D eigenvalue weighted by Gasteiger charge is 2.39. The fraction of sp³-hybridized carbons (Fsp3) is 0.143. The Balaban J connectivity index is 2.55. The van der Waals surface area contributed by atoms with E-state index in [0.29, 0.717) is 11.1 Å². The molecule has 0 aliphatic heterocycles. The van der Waals surface area contributed by atoms with Crippen LogP contribution in [-0.4, -0.2) is 0 Å². The molecule has 0 atom stereocenters. The number of ether oxygens (including phenoxy) is 1. The molecule has 0 spiro atoms. The van der Waals surface area contributed by atoms with Crippen LogP contribution < -0.4 is 10.5 Å². The zero-order valence-corrected chi connectivity index (χ0v) is 11.9. The van der Waals surface area contributed by atoms with Crippen molar-refractivity contribution in [3.05, 3.63) is 52.5 Å². The van der Waals surface area contributed by atoms with E-state index in [1.165, 1.54) is 24.3 Å². The van der Waals surface area contributed by atoms with Gasteiger partial charge in [0.05, 0.1) is 16.8 Å². The van der Waals surface area contributed by atoms with Crippen molar-refractivity contribution in [2.24, 2.45) is 0 Å². The molecule has 2 rings (SSSR count). The van der Waals surface area contributed by atoms with Crippen LogP contribution in [0, 0.1) is 0 Å². The maximum absolute atomic E-state index is 12.9. The first-order valence-electron chi connectivity index (χ1n) is 6.00. The Labute approximate surface area is 131 Å². The largest absolute Gasteiger partial charge is 0.455 e. The second-order valence-electron chi connectivity index (χ2n) is 4.49. The molecule has 2 aromatic rings. The summed E-state index contributed by atoms with van der Waals surface area (Å²) in [6.45, 7) is 0. The lowest BCUT2D eigenvalue weighted by molar-refractivity contribution is -0.142. The summed E-state index contributed by atoms with van der Waals surface area (Å²) < 4.78 is 82.0. The highest BCUT2D eigenvalue weighted by Crippen LogP contribution is 2.44. The lowest BCUT2D eigenvalue weighted by atomic mass is 10.1. The van der Waals surface area contributed by atoms with Crippen LogP contribution >= 0.6 is 11.6 Å². The lowest BCUT2D eigenvalue weighted by Crippen LogP contribution is -2.14. The van der Waals surface area contributed by atoms with Crippen LogP contribution in [0.4, 0.5) is 32.0 Å². The number of benzene rings is 2. The maximum Gasteiger partial charge on any atom is 0.418 e. The van der Waals surface area contributed by atoms with Crippen molar-refractivity contribution in [1.29, 1.82) is 0 Å². The molecule has 124 valence electrons. The molecule has 23 heavy (non-hydrogen) atoms. The zero-order chi connectivity index (χ0) is 17.4. The lowest BCUT2D eigenvalue weighted by Gasteiger charge is -2.17. The zero-order valence-electron chi connectivity index (χ0n) is 11.1. The molecule has 0 aromatic heterocycles. The van der Waals surface area contributed by atoms with Crippen molar-refractivity contribution in [3.63, 3.8) is 0 Å². The van der Waals surface area contributed by atoms with E-state index < -0.39 is 34.9 Å². The Morgan fingerprint density at radius 2 is 1.43 bits per heavy atom. The molecule has 0 saturated carbocycles. The van der Waals surface area contributed by atoms with E-state index in [1.807, 2.05) is 0 Å². The number of anilines is 1. The first-order chi connectivity index (χ1) is 10.5. The summed E-state index contributed by atoms with van der Waals surface area (Å²) in [7, 11) is 0. The fourth-order valence-electron chi connectivity index (χ4n) is 1.74. The molecule has 0 saturated heterocycles. The minimum absolute atomic E-state index is 0.00597. The van der Waals surface area contributed by atoms with E-state index in [4.69, 9.17) is 22.1 Å². The van der Waals surface area contributed by atoms with Crippen molar-refractivity contribution in [2.45, 2.75) is 12.4 Å². The van der Waals surface area contributed by atoms with Crippen LogP contribution in [0.15, 0.2) is 36.4 Å². The summed E-state index contributed by atoms with van der Waals surface area (Å²) in [6, 6.07) is 5.67. The quantitative estimate of drug-likeness (QED) is 0.549. The molecule has 2 N–H and O–H groups in total. The average Bonchev–Trinajstić information content (AvgIpc) is 2.41. The molecular formula is C14H8ClF6NO. The molecule has 0 aliphatic rings. The number of halogens is 7. The van der Waals surface area contributed by atoms with E-state index in [0.717, 1.165) is 0 Å². The molecule has 9 heteroatoms. The predicted molar refractivity (Wildman–Crippen MR) is 72.4 cm³/mol. The van der Waals surface area contributed by atoms with Crippen molar-refractivity contribution < 1.29 is 31.1 Å². The van der Waals surface area contributed by atoms with Crippen LogP contribution in [0.3, 0.4) is 0 Å². The van der Waals surface area contributed by atoms with Gasteiger partial charge in [-0.25, -0.2) is 0 Å². The number of hydrogen-bond donors (Lipinski definition) is 1. The van der Waals surface area contributed by atoms with E-state index in [2.05, 4.69) is 0 Å². The third kappa shape index (κ3) is 4.01. The Bertz CT molecular complexity index is 709. The maximum atomic E-state index is 12.9. The molecule has 0 aliphatic carbocycles. The topological polar surface area (TPSA) is 35.2 Å². The number of hydrogen-bond acceptors (Lipinski definition) is 2. The van der Waals surface area contributed by atoms with Crippen LogP contribution in [-0.2, 0) is 12.4 Å². The summed E-state index contributed by atoms with van der Waals surface area (Å²) in [5, 5.41) is 0.324. The Hall–Kier alpha value is -2.09. The van der Waals surface area contributed by atoms with E-state index in [9.17, 15) is 26.3 Å². The van der Waals surface area contributed by atoms with Crippen molar-refractivity contribution in [2.75, 3.05) is 5.73 Å². The second-order valence-corrected chi connectivity index (χ2v) is 4.92. The van der Waals surface area contributed by atoms with Gasteiger partial charge in [-0.15, -0.1) is 0 Å². The van der Waals surface area contributed by atoms with Crippen LogP contribution in [0.2, 0.25) is 5.02 Å². The Morgan fingerprint density at radius 3 is 1.91 bits per heavy atom. The molecule has 0 radical (unpaired) electrons. The normalized spacial score (nSPS) is 12.3. The minimum atomic E-state index is -5.05. The second kappa shape index (κ2) is 5.84. The highest BCUT2D eigenvalue weighted by molar-refractivity contribution is 6.30. The summed E-state index contributed by atoms with van der Waals surface area (Å²) in [6.07, 6.45) is -10.0. The molecule has 0 unspecified atom stereocenters. The first-order valence-corrected chi connectivity index (χ1v) is 6.37. The smallest absolute Gasteiger partial charge is 0.418 e. The number of alkyl halides is 6. The summed E-state index contributed by atoms with van der Waals surface area (Å²) in [4.78, 5) is 0. The van der Waals surface area contributed by atoms with Crippen LogP contribution in [0.25, 0.3) is 0 Å². The van der Waals surface area contributed by atoms with Crippen molar-refractivity contribution in [3.8, 4) is 11.5 Å². The van der Waals surface area contributed by atoms with E-state index in [-0.39, 0.29) is 11.8 Å². The van der Waals surface area contributed by atoms with Crippen LogP contribution in [0.5, 0.6) is 11.5 Å². The summed E-state index contributed by atoms with van der Waals surface area (Å²) in [5.41, 5.74) is 1.27. The first kappa shape index (κ1) is 17.3. The van der Waals surface area contributed by atoms with Crippen LogP contribution in [0.1, 0.15) is 11.1 Å². The van der Waals surface area contributed by atoms with E-state index in [1.54, 1.807) is 0 Å². The number of rotatable bonds is 2. The molecular weight excluding hydrogens is 348 g/mol. The number of nitrogens with two attached hydrogens (primary N) is 1. The molecule has 0 bridgehead atoms. The van der Waals surface area contributed by atoms with Crippen molar-refractivity contribution in [1.82, 2.24) is 0 Å². The summed E-state index contributed by atoms with van der Waals surface area (Å²) in [5.74, 6) is -0.747. The number of nitrogen functional groups attached to an aromatic ring is 1. The van der Waals surface area contributed by atoms with Gasteiger partial charge in [0.1, 0.15) is 5.75 Å². The Morgan fingerprint density at radius 1 is 0.870 bits per heavy atom. The van der Waals surface area contributed by atoms with Crippen molar-refractivity contribution >= 4 is 17.3 Å². The van der Waals surface area contributed by atoms with Gasteiger partial charge in [0.15, 0.2) is 5.75 Å². The van der Waals surface area contributed by atoms with Gasteiger partial charge in [-0.3, -0.25) is 0 Å². The van der Waals surface area contributed by atoms with Gasteiger partial charge >= 0.3 is 12.4 Å². The van der Waals surface area contributed by atoms with E-state index >= 15 is 0 Å². The van der Waals surface area contributed by atoms with Gasteiger partial charge in [0.2, 0.25) is 0 Å². The summed E-state index contributed by atoms with van der Waals surface area (Å²) >= 11 is 5.64. The van der Waals surface area contributed by atoms with Gasteiger partial charge in [-0.1, -0.05) is 11.6 Å². The predicted octanol–water partition coefficient (Wildman–Crippen LogP) is 5.75. The fourth-order valence-corrected chi connectivity index (χ4v) is 1.86. The monoisotopic (exact) mass is 355 g/mol. The molecule has 0 amide bonds. The molecule has 0 fully saturated rings. The van der Waals surface area contributed by atoms with Gasteiger partial charge in [-0.2, -0.15) is 26.3 Å². The van der Waals surface area contributed by atoms with Gasteiger partial charge in [0.25, 0.3) is 0 Å². The third-order valence-electron chi connectivity index (χ3n) is 2.82. The molecule has 2 aromatic carbocycles. The van der Waals surface area contributed by atoms with Gasteiger partial charge in [-0.05, 0) is 36.4 Å². The molecule has 0 heterocycles. The Kier molecular flexibility index (Phi) is 4.39. The van der Waals surface area contributed by atoms with Gasteiger partial charge < -0.3 is 10.5 Å².